The number of benzene rings is 2. The number of fused-ring (bicyclic) bond motifs is 1. The molecule has 0 radical (unpaired) electrons. The lowest BCUT2D eigenvalue weighted by molar-refractivity contribution is 0.901. The molecular weight excluding hydrogens is 234 g/mol. The van der Waals surface area contributed by atoms with E-state index in [2.05, 4.69) is 24.0 Å². The maximum absolute atomic E-state index is 12.2. The zero-order valence-electron chi connectivity index (χ0n) is 10.8. The molecule has 1 N–H and O–H groups in total. The number of para-hydroxylation sites is 1. The second-order valence-corrected chi connectivity index (χ2v) is 4.77. The lowest BCUT2D eigenvalue weighted by atomic mass is 9.93. The Bertz CT molecular complexity index is 759. The number of hydrogen-bond donors (Lipinski definition) is 1. The van der Waals surface area contributed by atoms with Crippen LogP contribution in [0.25, 0.3) is 10.9 Å². The van der Waals surface area contributed by atoms with Gasteiger partial charge in [-0.2, -0.15) is 0 Å². The number of rotatable bonds is 2. The van der Waals surface area contributed by atoms with E-state index in [-0.39, 0.29) is 11.5 Å². The highest BCUT2D eigenvalue weighted by Crippen LogP contribution is 2.23. The highest BCUT2D eigenvalue weighted by molar-refractivity contribution is 5.78. The molecule has 94 valence electrons. The van der Waals surface area contributed by atoms with Crippen molar-refractivity contribution in [3.8, 4) is 0 Å². The summed E-state index contributed by atoms with van der Waals surface area (Å²) in [6, 6.07) is 19.9. The van der Waals surface area contributed by atoms with Crippen LogP contribution in [0.2, 0.25) is 0 Å². The summed E-state index contributed by atoms with van der Waals surface area (Å²) < 4.78 is 0. The first-order valence-electron chi connectivity index (χ1n) is 6.42. The number of hydrogen-bond acceptors (Lipinski definition) is 1. The minimum atomic E-state index is -0.00458. The molecule has 1 heterocycles. The molecule has 2 heteroatoms. The number of aromatic amines is 1. The molecule has 0 aliphatic rings. The summed E-state index contributed by atoms with van der Waals surface area (Å²) in [4.78, 5) is 15.1. The van der Waals surface area contributed by atoms with Gasteiger partial charge in [0.05, 0.1) is 0 Å². The van der Waals surface area contributed by atoms with Gasteiger partial charge in [0.15, 0.2) is 0 Å². The van der Waals surface area contributed by atoms with Crippen molar-refractivity contribution in [1.82, 2.24) is 4.98 Å². The monoisotopic (exact) mass is 249 g/mol. The average molecular weight is 249 g/mol. The Hall–Kier alpha value is -2.35. The van der Waals surface area contributed by atoms with Crippen LogP contribution in [0.1, 0.15) is 24.0 Å². The van der Waals surface area contributed by atoms with Gasteiger partial charge in [0.1, 0.15) is 0 Å². The molecule has 3 aromatic rings. The molecule has 3 rings (SSSR count). The first-order valence-corrected chi connectivity index (χ1v) is 6.42. The lowest BCUT2D eigenvalue weighted by Crippen LogP contribution is -2.15. The molecule has 1 aromatic heterocycles. The molecule has 0 aliphatic heterocycles. The van der Waals surface area contributed by atoms with E-state index in [4.69, 9.17) is 0 Å². The summed E-state index contributed by atoms with van der Waals surface area (Å²) in [6.45, 7) is 2.06. The molecule has 0 bridgehead atoms. The van der Waals surface area contributed by atoms with Gasteiger partial charge < -0.3 is 4.98 Å². The molecular formula is C17H15NO. The summed E-state index contributed by atoms with van der Waals surface area (Å²) in [5.41, 5.74) is 2.85. The number of aromatic nitrogens is 1. The molecule has 0 saturated heterocycles. The Morgan fingerprint density at radius 2 is 1.63 bits per heavy atom. The average Bonchev–Trinajstić information content (AvgIpc) is 2.47. The van der Waals surface area contributed by atoms with E-state index in [1.54, 1.807) is 0 Å². The Labute approximate surface area is 111 Å². The van der Waals surface area contributed by atoms with Gasteiger partial charge in [-0.1, -0.05) is 55.5 Å². The van der Waals surface area contributed by atoms with Gasteiger partial charge in [-0.25, -0.2) is 0 Å². The van der Waals surface area contributed by atoms with Crippen molar-refractivity contribution in [2.75, 3.05) is 0 Å². The predicted molar refractivity (Wildman–Crippen MR) is 78.5 cm³/mol. The van der Waals surface area contributed by atoms with Gasteiger partial charge in [0.25, 0.3) is 5.56 Å². The molecule has 19 heavy (non-hydrogen) atoms. The van der Waals surface area contributed by atoms with E-state index >= 15 is 0 Å². The van der Waals surface area contributed by atoms with Gasteiger partial charge in [-0.15, -0.1) is 0 Å². The maximum atomic E-state index is 12.2. The van der Waals surface area contributed by atoms with E-state index in [0.717, 1.165) is 22.0 Å². The van der Waals surface area contributed by atoms with Crippen molar-refractivity contribution in [3.63, 3.8) is 0 Å². The van der Waals surface area contributed by atoms with Gasteiger partial charge in [-0.3, -0.25) is 4.79 Å². The Morgan fingerprint density at radius 3 is 2.42 bits per heavy atom. The molecule has 2 nitrogen and oxygen atoms in total. The fourth-order valence-electron chi connectivity index (χ4n) is 2.41. The summed E-state index contributed by atoms with van der Waals surface area (Å²) in [5.74, 6) is 0.0922. The van der Waals surface area contributed by atoms with Crippen molar-refractivity contribution in [1.29, 1.82) is 0 Å². The molecule has 1 atom stereocenters. The first-order chi connectivity index (χ1) is 9.25. The van der Waals surface area contributed by atoms with E-state index in [0.29, 0.717) is 0 Å². The Morgan fingerprint density at radius 1 is 0.947 bits per heavy atom. The van der Waals surface area contributed by atoms with Crippen LogP contribution >= 0.6 is 0 Å². The molecule has 0 amide bonds. The highest BCUT2D eigenvalue weighted by atomic mass is 16.1. The maximum Gasteiger partial charge on any atom is 0.252 e. The van der Waals surface area contributed by atoms with Crippen LogP contribution in [-0.2, 0) is 0 Å². The second-order valence-electron chi connectivity index (χ2n) is 4.77. The minimum absolute atomic E-state index is 0.00458. The lowest BCUT2D eigenvalue weighted by Gasteiger charge is -2.12. The molecule has 0 spiro atoms. The molecule has 0 fully saturated rings. The molecule has 0 saturated carbocycles. The minimum Gasteiger partial charge on any atom is -0.322 e. The number of pyridine rings is 1. The van der Waals surface area contributed by atoms with E-state index in [1.807, 2.05) is 48.5 Å². The van der Waals surface area contributed by atoms with Gasteiger partial charge in [-0.05, 0) is 23.1 Å². The van der Waals surface area contributed by atoms with Crippen LogP contribution in [0.4, 0.5) is 0 Å². The van der Waals surface area contributed by atoms with Crippen molar-refractivity contribution < 1.29 is 0 Å². The van der Waals surface area contributed by atoms with Crippen LogP contribution in [0.15, 0.2) is 65.5 Å². The van der Waals surface area contributed by atoms with Gasteiger partial charge >= 0.3 is 0 Å². The van der Waals surface area contributed by atoms with E-state index < -0.39 is 0 Å². The first kappa shape index (κ1) is 11.7. The molecule has 0 aliphatic carbocycles. The fraction of sp³-hybridized carbons (Fsp3) is 0.118. The molecule has 1 unspecified atom stereocenters. The summed E-state index contributed by atoms with van der Waals surface area (Å²) in [5, 5.41) is 1.07. The summed E-state index contributed by atoms with van der Waals surface area (Å²) in [6.07, 6.45) is 0. The van der Waals surface area contributed by atoms with E-state index in [9.17, 15) is 4.79 Å². The Kier molecular flexibility index (Phi) is 2.92. The fourth-order valence-corrected chi connectivity index (χ4v) is 2.41. The van der Waals surface area contributed by atoms with Crippen molar-refractivity contribution >= 4 is 10.9 Å². The van der Waals surface area contributed by atoms with Crippen LogP contribution in [-0.4, -0.2) is 4.98 Å². The summed E-state index contributed by atoms with van der Waals surface area (Å²) >= 11 is 0. The zero-order chi connectivity index (χ0) is 13.2. The van der Waals surface area contributed by atoms with Crippen LogP contribution in [0.3, 0.4) is 0 Å². The van der Waals surface area contributed by atoms with Crippen LogP contribution in [0.5, 0.6) is 0 Å². The Balaban J connectivity index is 2.15. The highest BCUT2D eigenvalue weighted by Gasteiger charge is 2.12. The third-order valence-corrected chi connectivity index (χ3v) is 3.55. The van der Waals surface area contributed by atoms with Crippen LogP contribution < -0.4 is 5.56 Å². The van der Waals surface area contributed by atoms with E-state index in [1.165, 1.54) is 0 Å². The largest absolute Gasteiger partial charge is 0.322 e. The standard InChI is InChI=1S/C17H15NO/c1-12(13-7-3-2-4-8-13)15-11-14-9-5-6-10-16(14)18-17(15)19/h2-12H,1H3,(H,18,19). The topological polar surface area (TPSA) is 32.9 Å². The predicted octanol–water partition coefficient (Wildman–Crippen LogP) is 3.68. The number of nitrogens with one attached hydrogen (secondary N) is 1. The normalized spacial score (nSPS) is 12.5. The third kappa shape index (κ3) is 2.17. The third-order valence-electron chi connectivity index (χ3n) is 3.55. The quantitative estimate of drug-likeness (QED) is 0.738. The van der Waals surface area contributed by atoms with Crippen molar-refractivity contribution in [2.45, 2.75) is 12.8 Å². The molecule has 2 aromatic carbocycles. The van der Waals surface area contributed by atoms with Gasteiger partial charge in [0.2, 0.25) is 0 Å². The SMILES string of the molecule is CC(c1ccccc1)c1cc2ccccc2[nH]c1=O. The number of H-pyrrole nitrogens is 1. The second kappa shape index (κ2) is 4.73. The summed E-state index contributed by atoms with van der Waals surface area (Å²) in [7, 11) is 0. The smallest absolute Gasteiger partial charge is 0.252 e. The van der Waals surface area contributed by atoms with Crippen LogP contribution in [0, 0.1) is 0 Å². The van der Waals surface area contributed by atoms with Gasteiger partial charge in [0, 0.05) is 17.0 Å². The van der Waals surface area contributed by atoms with Crippen molar-refractivity contribution in [2.24, 2.45) is 0 Å². The van der Waals surface area contributed by atoms with Crippen molar-refractivity contribution in [3.05, 3.63) is 82.1 Å². The zero-order valence-corrected chi connectivity index (χ0v) is 10.8.